The van der Waals surface area contributed by atoms with Crippen LogP contribution in [0.2, 0.25) is 0 Å². The van der Waals surface area contributed by atoms with Gasteiger partial charge in [-0.15, -0.1) is 0 Å². The highest BCUT2D eigenvalue weighted by atomic mass is 16.6. The maximum atomic E-state index is 11.4. The molecule has 1 unspecified atom stereocenters. The lowest BCUT2D eigenvalue weighted by Gasteiger charge is -2.09. The molecule has 1 aromatic rings. The molecule has 1 amide bonds. The molecule has 0 radical (unpaired) electrons. The Labute approximate surface area is 107 Å². The van der Waals surface area contributed by atoms with E-state index >= 15 is 0 Å². The minimum Gasteiger partial charge on any atom is -0.409 e. The van der Waals surface area contributed by atoms with Gasteiger partial charge in [-0.25, -0.2) is 4.63 Å². The van der Waals surface area contributed by atoms with E-state index in [1.165, 1.54) is 0 Å². The smallest absolute Gasteiger partial charge is 0.239 e. The van der Waals surface area contributed by atoms with Crippen molar-refractivity contribution in [1.29, 1.82) is 0 Å². The summed E-state index contributed by atoms with van der Waals surface area (Å²) in [5.41, 5.74) is 5.26. The van der Waals surface area contributed by atoms with E-state index in [2.05, 4.69) is 30.7 Å². The molecule has 1 rings (SSSR count). The number of nitrogens with zero attached hydrogens (tertiary/aromatic N) is 3. The van der Waals surface area contributed by atoms with Gasteiger partial charge < -0.3 is 31.8 Å². The third-order valence-electron chi connectivity index (χ3n) is 2.00. The number of amides is 1. The van der Waals surface area contributed by atoms with Crippen LogP contribution in [0.4, 0.5) is 5.82 Å². The number of nitrogens with one attached hydrogen (secondary N) is 2. The Hall–Kier alpha value is -2.40. The van der Waals surface area contributed by atoms with Crippen molar-refractivity contribution in [3.05, 3.63) is 5.69 Å². The normalized spacial score (nSPS) is 13.1. The number of hydrogen-bond donors (Lipinski definition) is 6. The average molecular weight is 274 g/mol. The Kier molecular flexibility index (Phi) is 5.50. The predicted octanol–water partition coefficient (Wildman–Crippen LogP) is -2.95. The van der Waals surface area contributed by atoms with Crippen LogP contribution in [0.3, 0.4) is 0 Å². The number of aliphatic hydroxyl groups excluding tert-OH is 2. The van der Waals surface area contributed by atoms with E-state index in [-0.39, 0.29) is 30.4 Å². The number of anilines is 1. The maximum Gasteiger partial charge on any atom is 0.239 e. The largest absolute Gasteiger partial charge is 0.409 e. The van der Waals surface area contributed by atoms with E-state index in [1.54, 1.807) is 0 Å². The molecule has 0 spiro atoms. The third kappa shape index (κ3) is 4.40. The lowest BCUT2D eigenvalue weighted by Crippen LogP contribution is -2.37. The van der Waals surface area contributed by atoms with Crippen molar-refractivity contribution in [2.24, 2.45) is 10.9 Å². The number of amidine groups is 1. The number of aliphatic hydroxyl groups is 2. The van der Waals surface area contributed by atoms with Gasteiger partial charge in [0.1, 0.15) is 0 Å². The predicted molar refractivity (Wildman–Crippen MR) is 61.4 cm³/mol. The summed E-state index contributed by atoms with van der Waals surface area (Å²) < 4.78 is 4.38. The molecule has 0 aliphatic rings. The summed E-state index contributed by atoms with van der Waals surface area (Å²) in [5.74, 6) is -0.742. The first-order valence-electron chi connectivity index (χ1n) is 5.18. The van der Waals surface area contributed by atoms with E-state index < -0.39 is 18.6 Å². The summed E-state index contributed by atoms with van der Waals surface area (Å²) >= 11 is 0. The molecule has 0 bridgehead atoms. The van der Waals surface area contributed by atoms with Crippen LogP contribution in [0.25, 0.3) is 0 Å². The van der Waals surface area contributed by atoms with Crippen molar-refractivity contribution in [3.8, 4) is 0 Å². The molecular formula is C8H14N6O5. The van der Waals surface area contributed by atoms with Crippen LogP contribution >= 0.6 is 0 Å². The van der Waals surface area contributed by atoms with Crippen LogP contribution in [-0.4, -0.2) is 63.3 Å². The van der Waals surface area contributed by atoms with E-state index in [0.29, 0.717) is 0 Å². The van der Waals surface area contributed by atoms with Crippen molar-refractivity contribution in [2.75, 3.05) is 25.0 Å². The highest BCUT2D eigenvalue weighted by Gasteiger charge is 2.15. The van der Waals surface area contributed by atoms with Gasteiger partial charge in [-0.3, -0.25) is 4.79 Å². The van der Waals surface area contributed by atoms with Crippen LogP contribution < -0.4 is 16.4 Å². The standard InChI is InChI=1S/C8H14N6O5/c9-7(12-18)6-8(14-19-13-6)11-2-5(17)10-1-4(16)3-15/h4,15-16,18H,1-3H2,(H2,9,12)(H,10,17)(H,11,14). The minimum atomic E-state index is -1.02. The highest BCUT2D eigenvalue weighted by Crippen LogP contribution is 2.07. The fourth-order valence-corrected chi connectivity index (χ4v) is 1.04. The quantitative estimate of drug-likeness (QED) is 0.131. The summed E-state index contributed by atoms with van der Waals surface area (Å²) in [7, 11) is 0. The molecule has 0 saturated heterocycles. The second-order valence-electron chi connectivity index (χ2n) is 3.44. The van der Waals surface area contributed by atoms with Gasteiger partial charge >= 0.3 is 0 Å². The third-order valence-corrected chi connectivity index (χ3v) is 2.00. The van der Waals surface area contributed by atoms with Gasteiger partial charge in [0.05, 0.1) is 19.3 Å². The highest BCUT2D eigenvalue weighted by molar-refractivity contribution is 5.99. The van der Waals surface area contributed by atoms with E-state index in [4.69, 9.17) is 21.2 Å². The van der Waals surface area contributed by atoms with E-state index in [0.717, 1.165) is 0 Å². The fourth-order valence-electron chi connectivity index (χ4n) is 1.04. The lowest BCUT2D eigenvalue weighted by molar-refractivity contribution is -0.119. The molecule has 11 nitrogen and oxygen atoms in total. The number of carbonyl (C=O) groups excluding carboxylic acids is 1. The van der Waals surface area contributed by atoms with Crippen LogP contribution in [0.1, 0.15) is 5.69 Å². The van der Waals surface area contributed by atoms with Crippen LogP contribution in [0, 0.1) is 0 Å². The van der Waals surface area contributed by atoms with Crippen LogP contribution in [0.15, 0.2) is 9.78 Å². The molecule has 0 aliphatic carbocycles. The molecular weight excluding hydrogens is 260 g/mol. The minimum absolute atomic E-state index is 0.0353. The number of carbonyl (C=O) groups is 1. The van der Waals surface area contributed by atoms with Crippen LogP contribution in [0.5, 0.6) is 0 Å². The molecule has 0 aromatic carbocycles. The van der Waals surface area contributed by atoms with Gasteiger partial charge in [-0.2, -0.15) is 0 Å². The summed E-state index contributed by atoms with van der Waals surface area (Å²) in [5, 5.41) is 40.5. The van der Waals surface area contributed by atoms with Crippen molar-refractivity contribution in [2.45, 2.75) is 6.10 Å². The van der Waals surface area contributed by atoms with Gasteiger partial charge in [0.25, 0.3) is 0 Å². The van der Waals surface area contributed by atoms with Crippen molar-refractivity contribution in [1.82, 2.24) is 15.6 Å². The first-order chi connectivity index (χ1) is 9.08. The SMILES string of the molecule is N/C(=N\O)c1nonc1NCC(=O)NCC(O)CO. The zero-order valence-corrected chi connectivity index (χ0v) is 9.78. The Morgan fingerprint density at radius 1 is 1.53 bits per heavy atom. The summed E-state index contributed by atoms with van der Waals surface area (Å²) in [6.07, 6.45) is -1.02. The Balaban J connectivity index is 2.45. The molecule has 1 atom stereocenters. The summed E-state index contributed by atoms with van der Waals surface area (Å²) in [6.45, 7) is -0.728. The Bertz CT molecular complexity index is 447. The first-order valence-corrected chi connectivity index (χ1v) is 5.18. The molecule has 19 heavy (non-hydrogen) atoms. The monoisotopic (exact) mass is 274 g/mol. The number of aromatic nitrogens is 2. The molecule has 1 heterocycles. The summed E-state index contributed by atoms with van der Waals surface area (Å²) in [6, 6.07) is 0. The molecule has 0 aliphatic heterocycles. The molecule has 0 fully saturated rings. The van der Waals surface area contributed by atoms with Gasteiger partial charge in [-0.1, -0.05) is 5.16 Å². The van der Waals surface area contributed by atoms with E-state index in [9.17, 15) is 4.79 Å². The zero-order chi connectivity index (χ0) is 14.3. The van der Waals surface area contributed by atoms with Gasteiger partial charge in [0.2, 0.25) is 11.7 Å². The Morgan fingerprint density at radius 3 is 2.89 bits per heavy atom. The molecule has 106 valence electrons. The molecule has 7 N–H and O–H groups in total. The number of oxime groups is 1. The van der Waals surface area contributed by atoms with Gasteiger partial charge in [0.15, 0.2) is 11.5 Å². The number of rotatable bonds is 7. The van der Waals surface area contributed by atoms with Gasteiger partial charge in [-0.05, 0) is 10.3 Å². The van der Waals surface area contributed by atoms with Crippen LogP contribution in [-0.2, 0) is 4.79 Å². The molecule has 11 heteroatoms. The number of hydrogen-bond acceptors (Lipinski definition) is 9. The van der Waals surface area contributed by atoms with Crippen molar-refractivity contribution in [3.63, 3.8) is 0 Å². The van der Waals surface area contributed by atoms with Crippen molar-refractivity contribution >= 4 is 17.6 Å². The molecule has 1 aromatic heterocycles. The summed E-state index contributed by atoms with van der Waals surface area (Å²) in [4.78, 5) is 11.4. The topological polar surface area (TPSA) is 179 Å². The fraction of sp³-hybridized carbons (Fsp3) is 0.500. The van der Waals surface area contributed by atoms with E-state index in [1.807, 2.05) is 0 Å². The average Bonchev–Trinajstić information content (AvgIpc) is 2.89. The Morgan fingerprint density at radius 2 is 2.26 bits per heavy atom. The lowest BCUT2D eigenvalue weighted by atomic mass is 10.3. The molecule has 0 saturated carbocycles. The van der Waals surface area contributed by atoms with Crippen molar-refractivity contribution < 1.29 is 24.8 Å². The number of nitrogens with two attached hydrogens (primary N) is 1. The first kappa shape index (κ1) is 14.7. The second kappa shape index (κ2) is 7.13. The maximum absolute atomic E-state index is 11.4. The van der Waals surface area contributed by atoms with Gasteiger partial charge in [0, 0.05) is 6.54 Å². The second-order valence-corrected chi connectivity index (χ2v) is 3.44. The zero-order valence-electron chi connectivity index (χ0n) is 9.78.